The van der Waals surface area contributed by atoms with Gasteiger partial charge in [-0.05, 0) is 30.6 Å². The molecule has 0 fully saturated rings. The lowest BCUT2D eigenvalue weighted by molar-refractivity contribution is 0.536. The van der Waals surface area contributed by atoms with Crippen LogP contribution in [0.3, 0.4) is 0 Å². The minimum absolute atomic E-state index is 1.17. The van der Waals surface area contributed by atoms with Crippen LogP contribution in [-0.2, 0) is 0 Å². The van der Waals surface area contributed by atoms with Gasteiger partial charge in [0.25, 0.3) is 0 Å². The van der Waals surface area contributed by atoms with Crippen LogP contribution in [0.25, 0.3) is 6.08 Å². The van der Waals surface area contributed by atoms with E-state index in [4.69, 9.17) is 0 Å². The second-order valence-corrected chi connectivity index (χ2v) is 7.31. The molecule has 25 heavy (non-hydrogen) atoms. The van der Waals surface area contributed by atoms with E-state index in [-0.39, 0.29) is 0 Å². The molecule has 0 amide bonds. The van der Waals surface area contributed by atoms with Gasteiger partial charge in [-0.25, -0.2) is 0 Å². The topological polar surface area (TPSA) is 0 Å². The molecule has 0 aliphatic rings. The highest BCUT2D eigenvalue weighted by Crippen LogP contribution is 2.13. The zero-order chi connectivity index (χ0) is 17.8. The lowest BCUT2D eigenvalue weighted by Crippen LogP contribution is -1.83. The SMILES string of the molecule is CCCCCCCCCCCCCCCCC=C=Cc1ccccc1. The van der Waals surface area contributed by atoms with Crippen molar-refractivity contribution in [2.24, 2.45) is 0 Å². The molecular weight excluding hydrogens is 300 g/mol. The van der Waals surface area contributed by atoms with Crippen LogP contribution in [0.4, 0.5) is 0 Å². The van der Waals surface area contributed by atoms with Crippen LogP contribution in [-0.4, -0.2) is 0 Å². The average Bonchev–Trinajstić information content (AvgIpc) is 2.65. The molecule has 0 heteroatoms. The molecule has 0 heterocycles. The first-order valence-electron chi connectivity index (χ1n) is 10.9. The number of hydrogen-bond acceptors (Lipinski definition) is 0. The van der Waals surface area contributed by atoms with E-state index in [1.165, 1.54) is 102 Å². The van der Waals surface area contributed by atoms with E-state index in [1.54, 1.807) is 0 Å². The standard InChI is InChI=1S/C25H40/c1-2-3-4-5-6-7-8-9-10-11-12-13-14-15-16-17-19-22-25-23-20-18-21-24-25/h17-18,20-24H,2-16H2,1H3. The normalized spacial score (nSPS) is 10.4. The third kappa shape index (κ3) is 14.8. The number of rotatable bonds is 16. The van der Waals surface area contributed by atoms with E-state index in [1.807, 2.05) is 0 Å². The first-order valence-corrected chi connectivity index (χ1v) is 10.9. The molecular formula is C25H40. The van der Waals surface area contributed by atoms with Gasteiger partial charge >= 0.3 is 0 Å². The maximum absolute atomic E-state index is 3.30. The highest BCUT2D eigenvalue weighted by Gasteiger charge is 1.93. The second-order valence-electron chi connectivity index (χ2n) is 7.31. The van der Waals surface area contributed by atoms with Gasteiger partial charge in [0.15, 0.2) is 0 Å². The summed E-state index contributed by atoms with van der Waals surface area (Å²) in [5.74, 6) is 0. The van der Waals surface area contributed by atoms with E-state index >= 15 is 0 Å². The van der Waals surface area contributed by atoms with Gasteiger partial charge in [0.1, 0.15) is 0 Å². The monoisotopic (exact) mass is 340 g/mol. The Morgan fingerprint density at radius 2 is 1.12 bits per heavy atom. The van der Waals surface area contributed by atoms with Crippen molar-refractivity contribution in [2.45, 2.75) is 103 Å². The summed E-state index contributed by atoms with van der Waals surface area (Å²) in [6.45, 7) is 2.29. The molecule has 0 radical (unpaired) electrons. The van der Waals surface area contributed by atoms with Gasteiger partial charge in [0, 0.05) is 0 Å². The van der Waals surface area contributed by atoms with Gasteiger partial charge < -0.3 is 0 Å². The summed E-state index contributed by atoms with van der Waals surface area (Å²) in [5.41, 5.74) is 4.53. The average molecular weight is 341 g/mol. The fourth-order valence-electron chi connectivity index (χ4n) is 3.23. The van der Waals surface area contributed by atoms with Crippen LogP contribution in [0, 0.1) is 0 Å². The molecule has 1 rings (SSSR count). The van der Waals surface area contributed by atoms with Crippen molar-refractivity contribution in [3.8, 4) is 0 Å². The summed E-state index contributed by atoms with van der Waals surface area (Å²) in [4.78, 5) is 0. The first kappa shape index (κ1) is 21.8. The maximum atomic E-state index is 3.30. The quantitative estimate of drug-likeness (QED) is 0.208. The maximum Gasteiger partial charge on any atom is -0.0131 e. The molecule has 0 saturated heterocycles. The molecule has 0 aliphatic carbocycles. The summed E-state index contributed by atoms with van der Waals surface area (Å²) >= 11 is 0. The summed E-state index contributed by atoms with van der Waals surface area (Å²) in [7, 11) is 0. The number of benzene rings is 1. The van der Waals surface area contributed by atoms with Crippen LogP contribution < -0.4 is 0 Å². The van der Waals surface area contributed by atoms with Crippen molar-refractivity contribution in [2.75, 3.05) is 0 Å². The predicted octanol–water partition coefficient (Wildman–Crippen LogP) is 8.73. The number of allylic oxidation sites excluding steroid dienone is 1. The minimum Gasteiger partial charge on any atom is -0.125 e. The van der Waals surface area contributed by atoms with Gasteiger partial charge in [-0.1, -0.05) is 121 Å². The van der Waals surface area contributed by atoms with E-state index in [0.29, 0.717) is 0 Å². The Bertz CT molecular complexity index is 436. The van der Waals surface area contributed by atoms with Crippen molar-refractivity contribution in [3.63, 3.8) is 0 Å². The lowest BCUT2D eigenvalue weighted by atomic mass is 10.0. The van der Waals surface area contributed by atoms with Crippen LogP contribution in [0.1, 0.15) is 109 Å². The number of hydrogen-bond donors (Lipinski definition) is 0. The third-order valence-corrected chi connectivity index (χ3v) is 4.87. The zero-order valence-electron chi connectivity index (χ0n) is 16.6. The van der Waals surface area contributed by atoms with Gasteiger partial charge in [-0.3, -0.25) is 0 Å². The van der Waals surface area contributed by atoms with Gasteiger partial charge in [0.2, 0.25) is 0 Å². The molecule has 1 aromatic rings. The molecule has 0 aliphatic heterocycles. The van der Waals surface area contributed by atoms with Crippen LogP contribution in [0.15, 0.2) is 42.1 Å². The van der Waals surface area contributed by atoms with Crippen molar-refractivity contribution in [1.29, 1.82) is 0 Å². The Morgan fingerprint density at radius 3 is 1.64 bits per heavy atom. The van der Waals surface area contributed by atoms with E-state index in [0.717, 1.165) is 0 Å². The Balaban J connectivity index is 1.79. The van der Waals surface area contributed by atoms with E-state index in [2.05, 4.69) is 55.1 Å². The smallest absolute Gasteiger partial charge is 0.0131 e. The predicted molar refractivity (Wildman–Crippen MR) is 114 cm³/mol. The second kappa shape index (κ2) is 17.6. The summed E-state index contributed by atoms with van der Waals surface area (Å²) in [5, 5.41) is 0. The van der Waals surface area contributed by atoms with Crippen LogP contribution >= 0.6 is 0 Å². The summed E-state index contributed by atoms with van der Waals surface area (Å²) < 4.78 is 0. The van der Waals surface area contributed by atoms with Gasteiger partial charge in [0.05, 0.1) is 0 Å². The molecule has 0 bridgehead atoms. The molecule has 1 aromatic carbocycles. The van der Waals surface area contributed by atoms with E-state index in [9.17, 15) is 0 Å². The molecule has 0 aromatic heterocycles. The minimum atomic E-state index is 1.17. The Hall–Kier alpha value is -1.26. The van der Waals surface area contributed by atoms with Gasteiger partial charge in [-0.2, -0.15) is 0 Å². The zero-order valence-corrected chi connectivity index (χ0v) is 16.6. The van der Waals surface area contributed by atoms with E-state index < -0.39 is 0 Å². The van der Waals surface area contributed by atoms with Gasteiger partial charge in [-0.15, -0.1) is 5.73 Å². The summed E-state index contributed by atoms with van der Waals surface area (Å²) in [6, 6.07) is 10.4. The summed E-state index contributed by atoms with van der Waals surface area (Å²) in [6.07, 6.45) is 25.4. The molecule has 0 unspecified atom stereocenters. The third-order valence-electron chi connectivity index (χ3n) is 4.87. The van der Waals surface area contributed by atoms with Crippen molar-refractivity contribution in [3.05, 3.63) is 47.7 Å². The Labute approximate surface area is 157 Å². The Kier molecular flexibility index (Phi) is 15.3. The molecule has 0 saturated carbocycles. The lowest BCUT2D eigenvalue weighted by Gasteiger charge is -2.02. The first-order chi connectivity index (χ1) is 12.4. The molecule has 0 atom stereocenters. The number of unbranched alkanes of at least 4 members (excludes halogenated alkanes) is 14. The molecule has 0 nitrogen and oxygen atoms in total. The molecule has 0 spiro atoms. The van der Waals surface area contributed by atoms with Crippen LogP contribution in [0.2, 0.25) is 0 Å². The largest absolute Gasteiger partial charge is 0.125 e. The van der Waals surface area contributed by atoms with Crippen molar-refractivity contribution >= 4 is 6.08 Å². The van der Waals surface area contributed by atoms with Crippen LogP contribution in [0.5, 0.6) is 0 Å². The molecule has 0 N–H and O–H groups in total. The van der Waals surface area contributed by atoms with Crippen molar-refractivity contribution < 1.29 is 0 Å². The van der Waals surface area contributed by atoms with Crippen molar-refractivity contribution in [1.82, 2.24) is 0 Å². The molecule has 140 valence electrons. The Morgan fingerprint density at radius 1 is 0.640 bits per heavy atom. The highest BCUT2D eigenvalue weighted by atomic mass is 14.0. The highest BCUT2D eigenvalue weighted by molar-refractivity contribution is 5.47. The fourth-order valence-corrected chi connectivity index (χ4v) is 3.23. The fraction of sp³-hybridized carbons (Fsp3) is 0.640.